The van der Waals surface area contributed by atoms with Crippen molar-refractivity contribution in [2.24, 2.45) is 0 Å². The summed E-state index contributed by atoms with van der Waals surface area (Å²) in [5, 5.41) is 31.0. The molecule has 0 bridgehead atoms. The minimum Gasteiger partial charge on any atom is -0.481 e. The van der Waals surface area contributed by atoms with Gasteiger partial charge in [0.2, 0.25) is 0 Å². The number of carboxylic acid groups (broad SMARTS) is 2. The molecule has 0 aliphatic carbocycles. The molecule has 0 spiro atoms. The summed E-state index contributed by atoms with van der Waals surface area (Å²) in [6, 6.07) is 0. The Hall–Kier alpha value is -0.0900. The highest BCUT2D eigenvalue weighted by molar-refractivity contribution is 7.98. The van der Waals surface area contributed by atoms with Crippen LogP contribution >= 0.6 is 37.0 Å². The Kier molecular flexibility index (Phi) is 26.4. The van der Waals surface area contributed by atoms with Crippen LogP contribution in [0.3, 0.4) is 0 Å². The zero-order valence-corrected chi connectivity index (χ0v) is 10.3. The highest BCUT2D eigenvalue weighted by Gasteiger charge is 1.82. The van der Waals surface area contributed by atoms with E-state index in [-0.39, 0.29) is 23.4 Å². The van der Waals surface area contributed by atoms with Gasteiger partial charge in [-0.1, -0.05) is 0 Å². The maximum atomic E-state index is 9.29. The van der Waals surface area contributed by atoms with Gasteiger partial charge in [0.1, 0.15) is 0 Å². The zero-order chi connectivity index (χ0) is 12.7. The SMILES string of the molecule is O=C(O)CS.O=C(O)CS.OCSCO. The standard InChI is InChI=1S/C2H6O2S.2C2H4O2S/c3-1-5-2-4;2*3-2(4)1-5/h3-4H,1-2H2;2*5H,1H2,(H,3,4). The third-order valence-corrected chi connectivity index (χ3v) is 1.36. The lowest BCUT2D eigenvalue weighted by atomic mass is 10.8. The van der Waals surface area contributed by atoms with E-state index < -0.39 is 11.9 Å². The fourth-order valence-electron chi connectivity index (χ4n) is 0.0408. The van der Waals surface area contributed by atoms with Crippen LogP contribution in [0.1, 0.15) is 0 Å². The molecule has 0 rings (SSSR count). The molecule has 92 valence electrons. The fourth-order valence-corrected chi connectivity index (χ4v) is 0.122. The highest BCUT2D eigenvalue weighted by Crippen LogP contribution is 1.88. The Morgan fingerprint density at radius 2 is 1.13 bits per heavy atom. The highest BCUT2D eigenvalue weighted by atomic mass is 32.2. The third kappa shape index (κ3) is 56.5. The topological polar surface area (TPSA) is 115 Å². The van der Waals surface area contributed by atoms with Gasteiger partial charge in [0.25, 0.3) is 0 Å². The average molecular weight is 278 g/mol. The minimum absolute atomic E-state index is 0.0104. The maximum Gasteiger partial charge on any atom is 0.313 e. The van der Waals surface area contributed by atoms with Crippen LogP contribution in [0.2, 0.25) is 0 Å². The van der Waals surface area contributed by atoms with Gasteiger partial charge < -0.3 is 20.4 Å². The van der Waals surface area contributed by atoms with Gasteiger partial charge >= 0.3 is 11.9 Å². The molecular weight excluding hydrogens is 264 g/mol. The Bertz CT molecular complexity index is 138. The van der Waals surface area contributed by atoms with Gasteiger partial charge in [-0.05, 0) is 0 Å². The number of carbonyl (C=O) groups is 2. The van der Waals surface area contributed by atoms with Crippen molar-refractivity contribution in [3.63, 3.8) is 0 Å². The average Bonchev–Trinajstić information content (AvgIpc) is 2.20. The second-order valence-electron chi connectivity index (χ2n) is 1.57. The van der Waals surface area contributed by atoms with Crippen LogP contribution in [-0.2, 0) is 9.59 Å². The molecule has 0 fully saturated rings. The van der Waals surface area contributed by atoms with E-state index >= 15 is 0 Å². The Labute approximate surface area is 103 Å². The summed E-state index contributed by atoms with van der Waals surface area (Å²) in [5.74, 6) is -1.91. The Morgan fingerprint density at radius 1 is 0.933 bits per heavy atom. The van der Waals surface area contributed by atoms with Gasteiger partial charge in [0.05, 0.1) is 23.4 Å². The van der Waals surface area contributed by atoms with Crippen LogP contribution in [0.4, 0.5) is 0 Å². The number of thiol groups is 2. The van der Waals surface area contributed by atoms with Crippen molar-refractivity contribution >= 4 is 49.0 Å². The lowest BCUT2D eigenvalue weighted by Crippen LogP contribution is -1.92. The molecule has 0 atom stereocenters. The van der Waals surface area contributed by atoms with E-state index in [4.69, 9.17) is 20.4 Å². The number of hydrogen-bond donors (Lipinski definition) is 6. The van der Waals surface area contributed by atoms with E-state index in [2.05, 4.69) is 25.3 Å². The van der Waals surface area contributed by atoms with Crippen molar-refractivity contribution in [1.82, 2.24) is 0 Å². The molecule has 0 aromatic heterocycles. The number of aliphatic hydroxyl groups excluding tert-OH is 2. The molecule has 0 aliphatic heterocycles. The molecule has 0 aliphatic rings. The van der Waals surface area contributed by atoms with Crippen LogP contribution in [0.5, 0.6) is 0 Å². The van der Waals surface area contributed by atoms with Crippen LogP contribution < -0.4 is 0 Å². The van der Waals surface area contributed by atoms with E-state index in [0.29, 0.717) is 0 Å². The van der Waals surface area contributed by atoms with Crippen molar-refractivity contribution in [2.45, 2.75) is 0 Å². The van der Waals surface area contributed by atoms with Crippen molar-refractivity contribution in [2.75, 3.05) is 23.4 Å². The molecular formula is C6H14O6S3. The smallest absolute Gasteiger partial charge is 0.313 e. The summed E-state index contributed by atoms with van der Waals surface area (Å²) < 4.78 is 0. The van der Waals surface area contributed by atoms with E-state index in [0.717, 1.165) is 11.8 Å². The molecule has 0 saturated carbocycles. The monoisotopic (exact) mass is 278 g/mol. The number of hydrogen-bond acceptors (Lipinski definition) is 7. The first kappa shape index (κ1) is 20.3. The first-order valence-corrected chi connectivity index (χ1v) is 5.82. The van der Waals surface area contributed by atoms with E-state index in [9.17, 15) is 9.59 Å². The lowest BCUT2D eigenvalue weighted by molar-refractivity contribution is -0.134. The summed E-state index contributed by atoms with van der Waals surface area (Å²) in [7, 11) is 0. The molecule has 0 saturated heterocycles. The van der Waals surface area contributed by atoms with Gasteiger partial charge in [0, 0.05) is 0 Å². The van der Waals surface area contributed by atoms with Gasteiger partial charge in [-0.25, -0.2) is 0 Å². The first-order valence-electron chi connectivity index (χ1n) is 3.40. The number of aliphatic hydroxyl groups is 2. The Balaban J connectivity index is -0.000000144. The molecule has 0 aromatic carbocycles. The molecule has 15 heavy (non-hydrogen) atoms. The predicted octanol–water partition coefficient (Wildman–Crippen LogP) is -0.379. The molecule has 4 N–H and O–H groups in total. The van der Waals surface area contributed by atoms with Crippen LogP contribution in [0, 0.1) is 0 Å². The third-order valence-electron chi connectivity index (χ3n) is 0.453. The second-order valence-corrected chi connectivity index (χ2v) is 3.12. The van der Waals surface area contributed by atoms with E-state index in [1.165, 1.54) is 0 Å². The maximum absolute atomic E-state index is 9.29. The molecule has 9 heteroatoms. The largest absolute Gasteiger partial charge is 0.481 e. The second kappa shape index (κ2) is 19.5. The molecule has 0 heterocycles. The predicted molar refractivity (Wildman–Crippen MR) is 64.7 cm³/mol. The normalized spacial score (nSPS) is 7.73. The summed E-state index contributed by atoms with van der Waals surface area (Å²) in [6.45, 7) is 0. The fraction of sp³-hybridized carbons (Fsp3) is 0.667. The summed E-state index contributed by atoms with van der Waals surface area (Å²) in [4.78, 5) is 18.6. The van der Waals surface area contributed by atoms with Crippen molar-refractivity contribution in [3.8, 4) is 0 Å². The number of aliphatic carboxylic acids is 2. The van der Waals surface area contributed by atoms with Crippen LogP contribution in [-0.4, -0.2) is 55.7 Å². The summed E-state index contributed by atoms with van der Waals surface area (Å²) in [6.07, 6.45) is 0. The molecule has 0 radical (unpaired) electrons. The number of carboxylic acids is 2. The van der Waals surface area contributed by atoms with Crippen molar-refractivity contribution in [1.29, 1.82) is 0 Å². The zero-order valence-electron chi connectivity index (χ0n) is 7.74. The number of thioether (sulfide) groups is 1. The quantitative estimate of drug-likeness (QED) is 0.307. The van der Waals surface area contributed by atoms with E-state index in [1.54, 1.807) is 0 Å². The van der Waals surface area contributed by atoms with Crippen molar-refractivity contribution < 1.29 is 30.0 Å². The lowest BCUT2D eigenvalue weighted by Gasteiger charge is -1.80. The molecule has 0 aromatic rings. The minimum atomic E-state index is -0.881. The first-order chi connectivity index (χ1) is 6.95. The summed E-state index contributed by atoms with van der Waals surface area (Å²) >= 11 is 7.91. The Morgan fingerprint density at radius 3 is 1.13 bits per heavy atom. The van der Waals surface area contributed by atoms with Gasteiger partial charge in [0.15, 0.2) is 0 Å². The van der Waals surface area contributed by atoms with Gasteiger partial charge in [-0.15, -0.1) is 11.8 Å². The van der Waals surface area contributed by atoms with Gasteiger partial charge in [-0.3, -0.25) is 9.59 Å². The van der Waals surface area contributed by atoms with Crippen LogP contribution in [0.15, 0.2) is 0 Å². The molecule has 6 nitrogen and oxygen atoms in total. The molecule has 0 unspecified atom stereocenters. The van der Waals surface area contributed by atoms with E-state index in [1.807, 2.05) is 0 Å². The van der Waals surface area contributed by atoms with Gasteiger partial charge in [-0.2, -0.15) is 25.3 Å². The number of rotatable bonds is 4. The summed E-state index contributed by atoms with van der Waals surface area (Å²) in [5.41, 5.74) is 0. The molecule has 0 amide bonds. The van der Waals surface area contributed by atoms with Crippen molar-refractivity contribution in [3.05, 3.63) is 0 Å². The van der Waals surface area contributed by atoms with Crippen LogP contribution in [0.25, 0.3) is 0 Å².